The van der Waals surface area contributed by atoms with Crippen LogP contribution in [0.15, 0.2) is 24.3 Å². The van der Waals surface area contributed by atoms with Crippen LogP contribution in [-0.2, 0) is 4.79 Å². The summed E-state index contributed by atoms with van der Waals surface area (Å²) in [4.78, 5) is 11.7. The molecule has 0 saturated heterocycles. The summed E-state index contributed by atoms with van der Waals surface area (Å²) in [5.74, 6) is 0.852. The van der Waals surface area contributed by atoms with E-state index in [9.17, 15) is 4.79 Å². The van der Waals surface area contributed by atoms with Gasteiger partial charge in [0.1, 0.15) is 5.75 Å². The number of hydrogen-bond donors (Lipinski definition) is 1. The van der Waals surface area contributed by atoms with Gasteiger partial charge in [-0.15, -0.1) is 0 Å². The lowest BCUT2D eigenvalue weighted by atomic mass is 10.1. The van der Waals surface area contributed by atoms with Crippen LogP contribution in [0.2, 0.25) is 0 Å². The van der Waals surface area contributed by atoms with E-state index >= 15 is 0 Å². The third-order valence-electron chi connectivity index (χ3n) is 2.73. The van der Waals surface area contributed by atoms with E-state index in [1.807, 2.05) is 52.0 Å². The Morgan fingerprint density at radius 1 is 1.37 bits per heavy atom. The standard InChI is InChI=1S/C15H22BrNO2/c1-5-14(16)15(18)17-11(4)12-7-6-8-13(9-12)19-10(2)3/h6-11,14H,5H2,1-4H3,(H,17,18). The molecule has 3 nitrogen and oxygen atoms in total. The van der Waals surface area contributed by atoms with Gasteiger partial charge in [-0.3, -0.25) is 4.79 Å². The number of halogens is 1. The molecule has 0 radical (unpaired) electrons. The number of rotatable bonds is 6. The van der Waals surface area contributed by atoms with Gasteiger partial charge in [0.05, 0.1) is 17.0 Å². The molecule has 1 N–H and O–H groups in total. The van der Waals surface area contributed by atoms with Crippen LogP contribution in [0.4, 0.5) is 0 Å². The maximum absolute atomic E-state index is 11.8. The number of carbonyl (C=O) groups excluding carboxylic acids is 1. The lowest BCUT2D eigenvalue weighted by Gasteiger charge is -2.18. The van der Waals surface area contributed by atoms with E-state index < -0.39 is 0 Å². The third kappa shape index (κ3) is 5.23. The quantitative estimate of drug-likeness (QED) is 0.806. The molecule has 1 amide bonds. The molecule has 106 valence electrons. The Hall–Kier alpha value is -1.03. The molecule has 1 aromatic carbocycles. The molecule has 0 spiro atoms. The minimum absolute atomic E-state index is 0.0187. The van der Waals surface area contributed by atoms with E-state index in [4.69, 9.17) is 4.74 Å². The summed E-state index contributed by atoms with van der Waals surface area (Å²) in [6.45, 7) is 7.94. The Kier molecular flexibility index (Phi) is 6.35. The molecular formula is C15H22BrNO2. The van der Waals surface area contributed by atoms with Crippen LogP contribution in [0.3, 0.4) is 0 Å². The molecule has 0 heterocycles. The number of benzene rings is 1. The molecule has 1 aromatic rings. The number of amides is 1. The van der Waals surface area contributed by atoms with Crippen LogP contribution in [0.25, 0.3) is 0 Å². The van der Waals surface area contributed by atoms with Gasteiger partial charge in [-0.1, -0.05) is 35.0 Å². The van der Waals surface area contributed by atoms with Crippen LogP contribution >= 0.6 is 15.9 Å². The summed E-state index contributed by atoms with van der Waals surface area (Å²) < 4.78 is 5.66. The highest BCUT2D eigenvalue weighted by Gasteiger charge is 2.16. The van der Waals surface area contributed by atoms with Crippen molar-refractivity contribution < 1.29 is 9.53 Å². The Bertz CT molecular complexity index is 420. The molecule has 1 rings (SSSR count). The van der Waals surface area contributed by atoms with Crippen molar-refractivity contribution in [2.75, 3.05) is 0 Å². The summed E-state index contributed by atoms with van der Waals surface area (Å²) in [5.41, 5.74) is 1.04. The molecule has 0 fully saturated rings. The molecule has 0 aromatic heterocycles. The van der Waals surface area contributed by atoms with Crippen molar-refractivity contribution in [3.63, 3.8) is 0 Å². The molecule has 0 aliphatic rings. The van der Waals surface area contributed by atoms with Crippen LogP contribution in [-0.4, -0.2) is 16.8 Å². The van der Waals surface area contributed by atoms with Crippen molar-refractivity contribution in [3.8, 4) is 5.75 Å². The second kappa shape index (κ2) is 7.53. The Balaban J connectivity index is 2.71. The zero-order chi connectivity index (χ0) is 14.4. The van der Waals surface area contributed by atoms with Gasteiger partial charge in [0.2, 0.25) is 5.91 Å². The predicted molar refractivity (Wildman–Crippen MR) is 81.8 cm³/mol. The molecule has 2 atom stereocenters. The lowest BCUT2D eigenvalue weighted by Crippen LogP contribution is -2.32. The SMILES string of the molecule is CCC(Br)C(=O)NC(C)c1cccc(OC(C)C)c1. The molecule has 0 aliphatic carbocycles. The molecule has 4 heteroatoms. The van der Waals surface area contributed by atoms with Crippen LogP contribution < -0.4 is 10.1 Å². The van der Waals surface area contributed by atoms with Gasteiger partial charge >= 0.3 is 0 Å². The fourth-order valence-electron chi connectivity index (χ4n) is 1.70. The van der Waals surface area contributed by atoms with E-state index in [1.54, 1.807) is 0 Å². The summed E-state index contributed by atoms with van der Waals surface area (Å²) in [6.07, 6.45) is 0.918. The summed E-state index contributed by atoms with van der Waals surface area (Å²) in [7, 11) is 0. The van der Waals surface area contributed by atoms with Gasteiger partial charge < -0.3 is 10.1 Å². The maximum atomic E-state index is 11.8. The first kappa shape index (κ1) is 16.0. The minimum atomic E-state index is -0.134. The average molecular weight is 328 g/mol. The Morgan fingerprint density at radius 2 is 2.05 bits per heavy atom. The first-order valence-corrected chi connectivity index (χ1v) is 7.56. The van der Waals surface area contributed by atoms with Crippen LogP contribution in [0.1, 0.15) is 45.7 Å². The molecule has 0 aliphatic heterocycles. The molecule has 0 bridgehead atoms. The van der Waals surface area contributed by atoms with Crippen molar-refractivity contribution in [2.45, 2.75) is 51.1 Å². The van der Waals surface area contributed by atoms with Crippen molar-refractivity contribution in [1.82, 2.24) is 5.32 Å². The second-order valence-corrected chi connectivity index (χ2v) is 5.95. The zero-order valence-corrected chi connectivity index (χ0v) is 13.5. The zero-order valence-electron chi connectivity index (χ0n) is 11.9. The minimum Gasteiger partial charge on any atom is -0.491 e. The fraction of sp³-hybridized carbons (Fsp3) is 0.533. The topological polar surface area (TPSA) is 38.3 Å². The number of carbonyl (C=O) groups is 1. The van der Waals surface area contributed by atoms with Gasteiger partial charge in [-0.2, -0.15) is 0 Å². The van der Waals surface area contributed by atoms with Gasteiger partial charge in [-0.05, 0) is 44.9 Å². The number of ether oxygens (including phenoxy) is 1. The smallest absolute Gasteiger partial charge is 0.234 e. The molecule has 19 heavy (non-hydrogen) atoms. The number of hydrogen-bond acceptors (Lipinski definition) is 2. The highest BCUT2D eigenvalue weighted by molar-refractivity contribution is 9.10. The monoisotopic (exact) mass is 327 g/mol. The fourth-order valence-corrected chi connectivity index (χ4v) is 1.83. The van der Waals surface area contributed by atoms with E-state index in [-0.39, 0.29) is 22.9 Å². The number of alkyl halides is 1. The second-order valence-electron chi connectivity index (χ2n) is 4.85. The van der Waals surface area contributed by atoms with Crippen molar-refractivity contribution in [2.24, 2.45) is 0 Å². The highest BCUT2D eigenvalue weighted by Crippen LogP contribution is 2.20. The molecule has 0 saturated carbocycles. The lowest BCUT2D eigenvalue weighted by molar-refractivity contribution is -0.121. The van der Waals surface area contributed by atoms with E-state index in [0.717, 1.165) is 17.7 Å². The average Bonchev–Trinajstić information content (AvgIpc) is 2.37. The summed E-state index contributed by atoms with van der Waals surface area (Å²) in [6, 6.07) is 7.81. The van der Waals surface area contributed by atoms with E-state index in [1.165, 1.54) is 0 Å². The third-order valence-corrected chi connectivity index (χ3v) is 3.79. The highest BCUT2D eigenvalue weighted by atomic mass is 79.9. The van der Waals surface area contributed by atoms with Crippen LogP contribution in [0.5, 0.6) is 5.75 Å². The largest absolute Gasteiger partial charge is 0.491 e. The van der Waals surface area contributed by atoms with Gasteiger partial charge in [0.15, 0.2) is 0 Å². The van der Waals surface area contributed by atoms with Crippen molar-refractivity contribution in [1.29, 1.82) is 0 Å². The predicted octanol–water partition coefficient (Wildman–Crippen LogP) is 3.82. The normalized spacial score (nSPS) is 14.0. The maximum Gasteiger partial charge on any atom is 0.234 e. The van der Waals surface area contributed by atoms with Gasteiger partial charge in [0.25, 0.3) is 0 Å². The van der Waals surface area contributed by atoms with Crippen molar-refractivity contribution in [3.05, 3.63) is 29.8 Å². The summed E-state index contributed by atoms with van der Waals surface area (Å²) in [5, 5.41) is 2.99. The van der Waals surface area contributed by atoms with Gasteiger partial charge in [0, 0.05) is 0 Å². The Labute approximate surface area is 123 Å². The summed E-state index contributed by atoms with van der Waals surface area (Å²) >= 11 is 3.35. The van der Waals surface area contributed by atoms with Gasteiger partial charge in [-0.25, -0.2) is 0 Å². The van der Waals surface area contributed by atoms with Crippen LogP contribution in [0, 0.1) is 0 Å². The molecule has 2 unspecified atom stereocenters. The van der Waals surface area contributed by atoms with E-state index in [0.29, 0.717) is 0 Å². The van der Waals surface area contributed by atoms with E-state index in [2.05, 4.69) is 21.2 Å². The Morgan fingerprint density at radius 3 is 2.63 bits per heavy atom. The number of nitrogens with one attached hydrogen (secondary N) is 1. The first-order valence-electron chi connectivity index (χ1n) is 6.65. The first-order chi connectivity index (χ1) is 8.93. The molecular weight excluding hydrogens is 306 g/mol. The van der Waals surface area contributed by atoms with Crippen molar-refractivity contribution >= 4 is 21.8 Å².